The van der Waals surface area contributed by atoms with Gasteiger partial charge in [0.15, 0.2) is 0 Å². The molecule has 3 atom stereocenters. The predicted octanol–water partition coefficient (Wildman–Crippen LogP) is -2.18. The third-order valence-electron chi connectivity index (χ3n) is 4.85. The van der Waals surface area contributed by atoms with Gasteiger partial charge in [-0.05, 0) is 19.3 Å². The zero-order valence-corrected chi connectivity index (χ0v) is 16.7. The topological polar surface area (TPSA) is 208 Å². The normalized spacial score (nSPS) is 17.6. The molecule has 0 radical (unpaired) electrons. The fourth-order valence-corrected chi connectivity index (χ4v) is 3.29. The first-order valence-corrected chi connectivity index (χ1v) is 9.74. The summed E-state index contributed by atoms with van der Waals surface area (Å²) in [6.07, 6.45) is 3.56. The van der Waals surface area contributed by atoms with Crippen molar-refractivity contribution in [2.45, 2.75) is 50.2 Å². The zero-order valence-electron chi connectivity index (χ0n) is 16.7. The van der Waals surface area contributed by atoms with Crippen molar-refractivity contribution in [3.63, 3.8) is 0 Å². The maximum Gasteiger partial charge on any atom is 0.326 e. The van der Waals surface area contributed by atoms with Crippen molar-refractivity contribution in [3.05, 3.63) is 18.2 Å². The summed E-state index contributed by atoms with van der Waals surface area (Å²) in [5.41, 5.74) is 6.66. The molecule has 0 aromatic carbocycles. The number of hydrogen-bond donors (Lipinski definition) is 6. The van der Waals surface area contributed by atoms with E-state index in [4.69, 9.17) is 15.9 Å². The lowest BCUT2D eigenvalue weighted by Crippen LogP contribution is -2.53. The van der Waals surface area contributed by atoms with Crippen LogP contribution in [0, 0.1) is 0 Å². The molecule has 170 valence electrons. The van der Waals surface area contributed by atoms with Gasteiger partial charge in [0.1, 0.15) is 12.1 Å². The van der Waals surface area contributed by atoms with Crippen molar-refractivity contribution in [2.75, 3.05) is 13.1 Å². The molecule has 1 aliphatic heterocycles. The van der Waals surface area contributed by atoms with Crippen LogP contribution in [0.3, 0.4) is 0 Å². The number of amides is 3. The van der Waals surface area contributed by atoms with E-state index in [9.17, 15) is 24.0 Å². The second-order valence-corrected chi connectivity index (χ2v) is 7.19. The standard InChI is InChI=1S/C18H26N6O7/c19-11(6-10-7-20-9-22-10)17(29)24-5-1-2-13(24)16(28)21-8-14(25)23-12(18(30)31)3-4-15(26)27/h7,9,11-13H,1-6,8,19H2,(H,20,22)(H,21,28)(H,23,25)(H,26,27)(H,30,31). The molecule has 2 heterocycles. The van der Waals surface area contributed by atoms with E-state index in [1.165, 1.54) is 11.2 Å². The summed E-state index contributed by atoms with van der Waals surface area (Å²) in [5, 5.41) is 22.3. The monoisotopic (exact) mass is 438 g/mol. The molecular weight excluding hydrogens is 412 g/mol. The Labute approximate surface area is 177 Å². The van der Waals surface area contributed by atoms with Crippen LogP contribution >= 0.6 is 0 Å². The van der Waals surface area contributed by atoms with E-state index in [1.807, 2.05) is 0 Å². The minimum Gasteiger partial charge on any atom is -0.481 e. The van der Waals surface area contributed by atoms with Crippen LogP contribution in [0.25, 0.3) is 0 Å². The number of likely N-dealkylation sites (tertiary alicyclic amines) is 1. The summed E-state index contributed by atoms with van der Waals surface area (Å²) in [7, 11) is 0. The first-order chi connectivity index (χ1) is 14.7. The van der Waals surface area contributed by atoms with Crippen molar-refractivity contribution in [2.24, 2.45) is 5.73 Å². The average molecular weight is 438 g/mol. The van der Waals surface area contributed by atoms with Crippen LogP contribution < -0.4 is 16.4 Å². The number of nitrogens with one attached hydrogen (secondary N) is 3. The number of aromatic nitrogens is 2. The van der Waals surface area contributed by atoms with E-state index >= 15 is 0 Å². The smallest absolute Gasteiger partial charge is 0.326 e. The maximum absolute atomic E-state index is 12.7. The molecule has 1 aromatic rings. The van der Waals surface area contributed by atoms with Crippen LogP contribution in [0.1, 0.15) is 31.4 Å². The average Bonchev–Trinajstić information content (AvgIpc) is 3.40. The summed E-state index contributed by atoms with van der Waals surface area (Å²) >= 11 is 0. The van der Waals surface area contributed by atoms with Gasteiger partial charge < -0.3 is 36.5 Å². The van der Waals surface area contributed by atoms with Gasteiger partial charge in [0, 0.05) is 31.3 Å². The number of carboxylic acids is 2. The van der Waals surface area contributed by atoms with Crippen LogP contribution in [0.5, 0.6) is 0 Å². The molecule has 2 rings (SSSR count). The third-order valence-corrected chi connectivity index (χ3v) is 4.85. The molecule has 3 unspecified atom stereocenters. The van der Waals surface area contributed by atoms with E-state index in [0.717, 1.165) is 0 Å². The lowest BCUT2D eigenvalue weighted by atomic mass is 10.1. The van der Waals surface area contributed by atoms with E-state index in [2.05, 4.69) is 20.6 Å². The molecule has 31 heavy (non-hydrogen) atoms. The number of aromatic amines is 1. The highest BCUT2D eigenvalue weighted by Crippen LogP contribution is 2.19. The van der Waals surface area contributed by atoms with Gasteiger partial charge in [0.25, 0.3) is 0 Å². The minimum absolute atomic E-state index is 0.235. The summed E-state index contributed by atoms with van der Waals surface area (Å²) in [5.74, 6) is -4.29. The van der Waals surface area contributed by atoms with Gasteiger partial charge in [-0.2, -0.15) is 0 Å². The molecule has 1 fully saturated rings. The number of carboxylic acid groups (broad SMARTS) is 2. The first-order valence-electron chi connectivity index (χ1n) is 9.74. The molecule has 3 amide bonds. The van der Waals surface area contributed by atoms with Gasteiger partial charge in [-0.25, -0.2) is 9.78 Å². The second-order valence-electron chi connectivity index (χ2n) is 7.19. The third kappa shape index (κ3) is 7.06. The summed E-state index contributed by atoms with van der Waals surface area (Å²) in [4.78, 5) is 67.0. The Bertz CT molecular complexity index is 812. The fourth-order valence-electron chi connectivity index (χ4n) is 3.29. The Morgan fingerprint density at radius 3 is 2.65 bits per heavy atom. The lowest BCUT2D eigenvalue weighted by molar-refractivity contribution is -0.143. The lowest BCUT2D eigenvalue weighted by Gasteiger charge is -2.26. The molecule has 7 N–H and O–H groups in total. The SMILES string of the molecule is NC(Cc1cnc[nH]1)C(=O)N1CCCC1C(=O)NCC(=O)NC(CCC(=O)O)C(=O)O. The number of nitrogens with zero attached hydrogens (tertiary/aromatic N) is 2. The Kier molecular flexibility index (Phi) is 8.49. The molecule has 1 aliphatic rings. The minimum atomic E-state index is -1.38. The largest absolute Gasteiger partial charge is 0.481 e. The molecule has 0 aliphatic carbocycles. The summed E-state index contributed by atoms with van der Waals surface area (Å²) < 4.78 is 0. The number of carbonyl (C=O) groups excluding carboxylic acids is 3. The number of imidazole rings is 1. The van der Waals surface area contributed by atoms with Crippen molar-refractivity contribution in [3.8, 4) is 0 Å². The van der Waals surface area contributed by atoms with Crippen LogP contribution in [0.4, 0.5) is 0 Å². The van der Waals surface area contributed by atoms with Gasteiger partial charge >= 0.3 is 11.9 Å². The number of carbonyl (C=O) groups is 5. The highest BCUT2D eigenvalue weighted by molar-refractivity contribution is 5.93. The van der Waals surface area contributed by atoms with Crippen LogP contribution in [0.2, 0.25) is 0 Å². The van der Waals surface area contributed by atoms with E-state index in [1.54, 1.807) is 6.20 Å². The van der Waals surface area contributed by atoms with Gasteiger partial charge in [-0.1, -0.05) is 0 Å². The Hall–Kier alpha value is -3.48. The van der Waals surface area contributed by atoms with E-state index in [0.29, 0.717) is 25.1 Å². The molecule has 1 aromatic heterocycles. The van der Waals surface area contributed by atoms with E-state index < -0.39 is 60.8 Å². The number of nitrogens with two attached hydrogens (primary N) is 1. The van der Waals surface area contributed by atoms with Crippen LogP contribution in [0.15, 0.2) is 12.5 Å². The van der Waals surface area contributed by atoms with Crippen LogP contribution in [-0.4, -0.2) is 86.0 Å². The van der Waals surface area contributed by atoms with Crippen LogP contribution in [-0.2, 0) is 30.4 Å². The number of rotatable bonds is 11. The van der Waals surface area contributed by atoms with Crippen molar-refractivity contribution in [1.29, 1.82) is 0 Å². The fraction of sp³-hybridized carbons (Fsp3) is 0.556. The van der Waals surface area contributed by atoms with Gasteiger partial charge in [0.05, 0.1) is 18.9 Å². The Morgan fingerprint density at radius 2 is 2.03 bits per heavy atom. The van der Waals surface area contributed by atoms with E-state index in [-0.39, 0.29) is 12.8 Å². The van der Waals surface area contributed by atoms with Gasteiger partial charge in [-0.3, -0.25) is 19.2 Å². The molecule has 13 nitrogen and oxygen atoms in total. The maximum atomic E-state index is 12.7. The van der Waals surface area contributed by atoms with Crippen molar-refractivity contribution < 1.29 is 34.2 Å². The Balaban J connectivity index is 1.85. The molecule has 13 heteroatoms. The second kappa shape index (κ2) is 11.1. The van der Waals surface area contributed by atoms with Gasteiger partial charge in [-0.15, -0.1) is 0 Å². The molecule has 1 saturated heterocycles. The van der Waals surface area contributed by atoms with Gasteiger partial charge in [0.2, 0.25) is 17.7 Å². The summed E-state index contributed by atoms with van der Waals surface area (Å²) in [6.45, 7) is -0.148. The van der Waals surface area contributed by atoms with Crippen molar-refractivity contribution >= 4 is 29.7 Å². The Morgan fingerprint density at radius 1 is 1.29 bits per heavy atom. The number of hydrogen-bond acceptors (Lipinski definition) is 7. The molecule has 0 spiro atoms. The number of H-pyrrole nitrogens is 1. The number of aliphatic carboxylic acids is 2. The summed E-state index contributed by atoms with van der Waals surface area (Å²) in [6, 6.07) is -3.02. The zero-order chi connectivity index (χ0) is 23.0. The first kappa shape index (κ1) is 23.8. The molecule has 0 bridgehead atoms. The highest BCUT2D eigenvalue weighted by Gasteiger charge is 2.36. The van der Waals surface area contributed by atoms with Crippen molar-refractivity contribution in [1.82, 2.24) is 25.5 Å². The highest BCUT2D eigenvalue weighted by atomic mass is 16.4. The quantitative estimate of drug-likeness (QED) is 0.222. The molecular formula is C18H26N6O7. The predicted molar refractivity (Wildman–Crippen MR) is 104 cm³/mol. The molecule has 0 saturated carbocycles.